The predicted octanol–water partition coefficient (Wildman–Crippen LogP) is 4.29. The number of benzene rings is 2. The Balaban J connectivity index is 1.67. The molecule has 1 aliphatic heterocycles. The van der Waals surface area contributed by atoms with Crippen molar-refractivity contribution < 1.29 is 0 Å². The molecule has 110 valence electrons. The molecule has 0 amide bonds. The minimum Gasteiger partial charge on any atom is -0.374 e. The van der Waals surface area contributed by atoms with E-state index in [2.05, 4.69) is 82.6 Å². The van der Waals surface area contributed by atoms with E-state index in [0.29, 0.717) is 6.04 Å². The van der Waals surface area contributed by atoms with Crippen LogP contribution in [-0.4, -0.2) is 13.6 Å². The first-order chi connectivity index (χ1) is 10.1. The molecule has 1 aliphatic rings. The Morgan fingerprint density at radius 2 is 2.05 bits per heavy atom. The Labute approximate surface area is 135 Å². The monoisotopic (exact) mass is 344 g/mol. The van der Waals surface area contributed by atoms with Gasteiger partial charge in [0.15, 0.2) is 0 Å². The van der Waals surface area contributed by atoms with Gasteiger partial charge in [-0.2, -0.15) is 0 Å². The van der Waals surface area contributed by atoms with Crippen LogP contribution in [0.15, 0.2) is 46.9 Å². The van der Waals surface area contributed by atoms with E-state index < -0.39 is 0 Å². The number of anilines is 1. The molecule has 2 aromatic rings. The molecule has 21 heavy (non-hydrogen) atoms. The summed E-state index contributed by atoms with van der Waals surface area (Å²) >= 11 is 3.62. The summed E-state index contributed by atoms with van der Waals surface area (Å²) in [5.74, 6) is 0. The summed E-state index contributed by atoms with van der Waals surface area (Å²) in [6, 6.07) is 15.6. The molecular formula is C18H21BrN2. The topological polar surface area (TPSA) is 15.3 Å². The molecule has 3 rings (SSSR count). The number of likely N-dealkylation sites (N-methyl/N-ethyl adjacent to an activating group) is 1. The average molecular weight is 345 g/mol. The van der Waals surface area contributed by atoms with Crippen LogP contribution >= 0.6 is 15.9 Å². The fraction of sp³-hybridized carbons (Fsp3) is 0.333. The molecule has 2 aromatic carbocycles. The highest BCUT2D eigenvalue weighted by Crippen LogP contribution is 2.28. The largest absolute Gasteiger partial charge is 0.374 e. The lowest BCUT2D eigenvalue weighted by Crippen LogP contribution is -2.18. The van der Waals surface area contributed by atoms with E-state index in [4.69, 9.17) is 0 Å². The molecule has 0 radical (unpaired) electrons. The molecule has 0 aliphatic carbocycles. The van der Waals surface area contributed by atoms with Gasteiger partial charge in [-0.1, -0.05) is 46.3 Å². The van der Waals surface area contributed by atoms with Crippen molar-refractivity contribution in [1.29, 1.82) is 0 Å². The Kier molecular flexibility index (Phi) is 4.32. The molecular weight excluding hydrogens is 324 g/mol. The van der Waals surface area contributed by atoms with Crippen LogP contribution in [0.3, 0.4) is 0 Å². The first-order valence-corrected chi connectivity index (χ1v) is 8.25. The van der Waals surface area contributed by atoms with Crippen LogP contribution in [0.25, 0.3) is 0 Å². The highest BCUT2D eigenvalue weighted by molar-refractivity contribution is 9.10. The summed E-state index contributed by atoms with van der Waals surface area (Å²) < 4.78 is 1.17. The zero-order valence-electron chi connectivity index (χ0n) is 12.6. The van der Waals surface area contributed by atoms with Gasteiger partial charge in [0, 0.05) is 36.3 Å². The zero-order valence-corrected chi connectivity index (χ0v) is 14.2. The number of rotatable bonds is 4. The molecule has 0 bridgehead atoms. The van der Waals surface area contributed by atoms with Gasteiger partial charge in [0.05, 0.1) is 0 Å². The summed E-state index contributed by atoms with van der Waals surface area (Å²) in [6.45, 7) is 4.25. The second kappa shape index (κ2) is 6.20. The van der Waals surface area contributed by atoms with E-state index in [-0.39, 0.29) is 0 Å². The fourth-order valence-corrected chi connectivity index (χ4v) is 3.57. The van der Waals surface area contributed by atoms with Crippen molar-refractivity contribution in [3.63, 3.8) is 0 Å². The van der Waals surface area contributed by atoms with Crippen LogP contribution in [0.5, 0.6) is 0 Å². The van der Waals surface area contributed by atoms with Gasteiger partial charge in [-0.25, -0.2) is 0 Å². The Morgan fingerprint density at radius 1 is 1.24 bits per heavy atom. The molecule has 0 fully saturated rings. The minimum atomic E-state index is 0.330. The van der Waals surface area contributed by atoms with Crippen molar-refractivity contribution in [1.82, 2.24) is 5.32 Å². The molecule has 2 nitrogen and oxygen atoms in total. The SMILES string of the molecule is C[C@@H](NCc1ccc2c(c1)CCN2C)c1ccccc1Br. The van der Waals surface area contributed by atoms with Crippen molar-refractivity contribution >= 4 is 21.6 Å². The number of halogens is 1. The van der Waals surface area contributed by atoms with E-state index in [9.17, 15) is 0 Å². The number of nitrogens with zero attached hydrogens (tertiary/aromatic N) is 1. The maximum atomic E-state index is 3.62. The molecule has 0 saturated heterocycles. The molecule has 1 N–H and O–H groups in total. The quantitative estimate of drug-likeness (QED) is 0.889. The number of nitrogens with one attached hydrogen (secondary N) is 1. The van der Waals surface area contributed by atoms with Crippen molar-refractivity contribution in [2.75, 3.05) is 18.5 Å². The third-order valence-electron chi connectivity index (χ3n) is 4.26. The number of fused-ring (bicyclic) bond motifs is 1. The molecule has 1 atom stereocenters. The van der Waals surface area contributed by atoms with Gasteiger partial charge < -0.3 is 10.2 Å². The van der Waals surface area contributed by atoms with Crippen molar-refractivity contribution in [2.45, 2.75) is 25.9 Å². The molecule has 0 aromatic heterocycles. The fourth-order valence-electron chi connectivity index (χ4n) is 2.94. The zero-order chi connectivity index (χ0) is 14.8. The van der Waals surface area contributed by atoms with Gasteiger partial charge in [0.25, 0.3) is 0 Å². The van der Waals surface area contributed by atoms with E-state index >= 15 is 0 Å². The number of hydrogen-bond acceptors (Lipinski definition) is 2. The summed E-state index contributed by atoms with van der Waals surface area (Å²) in [5, 5.41) is 3.61. The third kappa shape index (κ3) is 3.14. The normalized spacial score (nSPS) is 15.1. The Hall–Kier alpha value is -1.32. The lowest BCUT2D eigenvalue weighted by Gasteiger charge is -2.17. The van der Waals surface area contributed by atoms with E-state index in [1.165, 1.54) is 33.3 Å². The molecule has 1 heterocycles. The van der Waals surface area contributed by atoms with Crippen LogP contribution in [0.4, 0.5) is 5.69 Å². The Morgan fingerprint density at radius 3 is 2.86 bits per heavy atom. The van der Waals surface area contributed by atoms with E-state index in [0.717, 1.165) is 13.1 Å². The van der Waals surface area contributed by atoms with Crippen molar-refractivity contribution in [2.24, 2.45) is 0 Å². The van der Waals surface area contributed by atoms with Crippen LogP contribution in [0, 0.1) is 0 Å². The lowest BCUT2D eigenvalue weighted by molar-refractivity contribution is 0.572. The summed E-state index contributed by atoms with van der Waals surface area (Å²) in [5.41, 5.74) is 5.53. The average Bonchev–Trinajstić information content (AvgIpc) is 2.86. The van der Waals surface area contributed by atoms with Crippen LogP contribution < -0.4 is 10.2 Å². The van der Waals surface area contributed by atoms with Crippen molar-refractivity contribution in [3.05, 3.63) is 63.6 Å². The highest BCUT2D eigenvalue weighted by atomic mass is 79.9. The van der Waals surface area contributed by atoms with Gasteiger partial charge in [-0.05, 0) is 42.2 Å². The summed E-state index contributed by atoms with van der Waals surface area (Å²) in [6.07, 6.45) is 1.17. The second-order valence-electron chi connectivity index (χ2n) is 5.76. The Bertz CT molecular complexity index is 639. The standard InChI is InChI=1S/C18H21BrN2/c1-13(16-5-3-4-6-17(16)19)20-12-14-7-8-18-15(11-14)9-10-21(18)2/h3-8,11,13,20H,9-10,12H2,1-2H3/t13-/m1/s1. The first-order valence-electron chi connectivity index (χ1n) is 7.46. The second-order valence-corrected chi connectivity index (χ2v) is 6.61. The van der Waals surface area contributed by atoms with Crippen LogP contribution in [0.1, 0.15) is 29.7 Å². The van der Waals surface area contributed by atoms with Crippen molar-refractivity contribution in [3.8, 4) is 0 Å². The van der Waals surface area contributed by atoms with Gasteiger partial charge in [-0.15, -0.1) is 0 Å². The highest BCUT2D eigenvalue weighted by Gasteiger charge is 2.15. The molecule has 0 unspecified atom stereocenters. The minimum absolute atomic E-state index is 0.330. The third-order valence-corrected chi connectivity index (χ3v) is 4.98. The summed E-state index contributed by atoms with van der Waals surface area (Å²) in [4.78, 5) is 2.33. The number of hydrogen-bond donors (Lipinski definition) is 1. The molecule has 3 heteroatoms. The van der Waals surface area contributed by atoms with E-state index in [1.54, 1.807) is 0 Å². The van der Waals surface area contributed by atoms with Gasteiger partial charge in [0.2, 0.25) is 0 Å². The molecule has 0 spiro atoms. The maximum Gasteiger partial charge on any atom is 0.0397 e. The van der Waals surface area contributed by atoms with E-state index in [1.807, 2.05) is 0 Å². The maximum absolute atomic E-state index is 3.62. The lowest BCUT2D eigenvalue weighted by atomic mass is 10.1. The smallest absolute Gasteiger partial charge is 0.0397 e. The van der Waals surface area contributed by atoms with Gasteiger partial charge in [-0.3, -0.25) is 0 Å². The van der Waals surface area contributed by atoms with Crippen LogP contribution in [-0.2, 0) is 13.0 Å². The van der Waals surface area contributed by atoms with Gasteiger partial charge >= 0.3 is 0 Å². The summed E-state index contributed by atoms with van der Waals surface area (Å²) in [7, 11) is 2.17. The van der Waals surface area contributed by atoms with Gasteiger partial charge in [0.1, 0.15) is 0 Å². The predicted molar refractivity (Wildman–Crippen MR) is 92.8 cm³/mol. The van der Waals surface area contributed by atoms with Crippen LogP contribution in [0.2, 0.25) is 0 Å². The first kappa shape index (κ1) is 14.6. The molecule has 0 saturated carbocycles.